The predicted molar refractivity (Wildman–Crippen MR) is 109 cm³/mol. The molecule has 0 radical (unpaired) electrons. The van der Waals surface area contributed by atoms with E-state index < -0.39 is 0 Å². The first-order valence-electron chi connectivity index (χ1n) is 9.05. The largest absolute Gasteiger partial charge is 0.497 e. The fourth-order valence-electron chi connectivity index (χ4n) is 3.56. The van der Waals surface area contributed by atoms with Crippen LogP contribution in [0.1, 0.15) is 23.6 Å². The number of methoxy groups -OCH3 is 2. The summed E-state index contributed by atoms with van der Waals surface area (Å²) in [6, 6.07) is 12.5. The summed E-state index contributed by atoms with van der Waals surface area (Å²) in [4.78, 5) is 14.8. The standard InChI is InChI=1S/C23H22O3S/c1-14-4-9-21-19(23(14)24)12-17-6-5-15(11-22(17)27-21)10-16-7-8-18(25-2)13-20(16)26-3/h4-9,11,13-14H,10,12H2,1-3H3. The second-order valence-corrected chi connectivity index (χ2v) is 8.01. The van der Waals surface area contributed by atoms with Crippen LogP contribution in [0.5, 0.6) is 11.5 Å². The van der Waals surface area contributed by atoms with Crippen molar-refractivity contribution in [2.45, 2.75) is 24.7 Å². The minimum Gasteiger partial charge on any atom is -0.497 e. The van der Waals surface area contributed by atoms with E-state index in [4.69, 9.17) is 9.47 Å². The zero-order chi connectivity index (χ0) is 19.0. The number of hydrogen-bond acceptors (Lipinski definition) is 4. The molecule has 1 aliphatic carbocycles. The van der Waals surface area contributed by atoms with Crippen LogP contribution in [0, 0.1) is 5.92 Å². The molecule has 0 fully saturated rings. The first-order chi connectivity index (χ1) is 13.1. The molecule has 4 rings (SSSR count). The van der Waals surface area contributed by atoms with E-state index >= 15 is 0 Å². The number of carbonyl (C=O) groups excluding carboxylic acids is 1. The maximum absolute atomic E-state index is 12.5. The zero-order valence-electron chi connectivity index (χ0n) is 15.7. The van der Waals surface area contributed by atoms with Crippen LogP contribution in [-0.4, -0.2) is 20.0 Å². The van der Waals surface area contributed by atoms with Gasteiger partial charge in [0.2, 0.25) is 0 Å². The predicted octanol–water partition coefficient (Wildman–Crippen LogP) is 4.97. The van der Waals surface area contributed by atoms with E-state index in [1.807, 2.05) is 25.1 Å². The van der Waals surface area contributed by atoms with Crippen molar-refractivity contribution in [1.29, 1.82) is 0 Å². The third-order valence-corrected chi connectivity index (χ3v) is 6.35. The highest BCUT2D eigenvalue weighted by Crippen LogP contribution is 2.42. The molecule has 1 atom stereocenters. The number of fused-ring (bicyclic) bond motifs is 1. The van der Waals surface area contributed by atoms with Gasteiger partial charge in [0, 0.05) is 40.2 Å². The number of Topliss-reactive ketones (excluding diaryl/α,β-unsaturated/α-hetero) is 1. The molecule has 4 heteroatoms. The Labute approximate surface area is 164 Å². The maximum atomic E-state index is 12.5. The molecule has 0 amide bonds. The van der Waals surface area contributed by atoms with Gasteiger partial charge in [0.15, 0.2) is 5.78 Å². The van der Waals surface area contributed by atoms with Gasteiger partial charge in [-0.2, -0.15) is 0 Å². The summed E-state index contributed by atoms with van der Waals surface area (Å²) >= 11 is 1.71. The molecule has 3 nitrogen and oxygen atoms in total. The normalized spacial score (nSPS) is 18.2. The summed E-state index contributed by atoms with van der Waals surface area (Å²) < 4.78 is 10.8. The third-order valence-electron chi connectivity index (χ3n) is 5.15. The van der Waals surface area contributed by atoms with E-state index in [-0.39, 0.29) is 11.7 Å². The van der Waals surface area contributed by atoms with Crippen molar-refractivity contribution in [3.63, 3.8) is 0 Å². The third kappa shape index (κ3) is 3.42. The summed E-state index contributed by atoms with van der Waals surface area (Å²) in [5, 5.41) is 0. The molecule has 27 heavy (non-hydrogen) atoms. The van der Waals surface area contributed by atoms with E-state index in [2.05, 4.69) is 30.3 Å². The lowest BCUT2D eigenvalue weighted by Crippen LogP contribution is -2.19. The molecule has 2 aromatic carbocycles. The second kappa shape index (κ2) is 7.28. The Balaban J connectivity index is 1.60. The topological polar surface area (TPSA) is 35.5 Å². The average Bonchev–Trinajstić information content (AvgIpc) is 2.70. The van der Waals surface area contributed by atoms with Gasteiger partial charge in [0.1, 0.15) is 11.5 Å². The lowest BCUT2D eigenvalue weighted by atomic mass is 9.89. The molecular weight excluding hydrogens is 356 g/mol. The average molecular weight is 378 g/mol. The monoisotopic (exact) mass is 378 g/mol. The van der Waals surface area contributed by atoms with Crippen molar-refractivity contribution in [1.82, 2.24) is 0 Å². The van der Waals surface area contributed by atoms with Gasteiger partial charge < -0.3 is 9.47 Å². The Bertz CT molecular complexity index is 972. The van der Waals surface area contributed by atoms with Crippen LogP contribution in [0.2, 0.25) is 0 Å². The van der Waals surface area contributed by atoms with Crippen molar-refractivity contribution in [2.24, 2.45) is 5.92 Å². The first kappa shape index (κ1) is 17.9. The first-order valence-corrected chi connectivity index (χ1v) is 9.87. The number of rotatable bonds is 4. The van der Waals surface area contributed by atoms with Crippen molar-refractivity contribution in [2.75, 3.05) is 14.2 Å². The highest BCUT2D eigenvalue weighted by atomic mass is 32.2. The van der Waals surface area contributed by atoms with E-state index in [0.29, 0.717) is 0 Å². The van der Waals surface area contributed by atoms with Crippen molar-refractivity contribution < 1.29 is 14.3 Å². The summed E-state index contributed by atoms with van der Waals surface area (Å²) in [6.45, 7) is 1.97. The van der Waals surface area contributed by atoms with Crippen LogP contribution < -0.4 is 9.47 Å². The highest BCUT2D eigenvalue weighted by Gasteiger charge is 2.27. The quantitative estimate of drug-likeness (QED) is 0.752. The fraction of sp³-hybridized carbons (Fsp3) is 0.261. The number of hydrogen-bond donors (Lipinski definition) is 0. The van der Waals surface area contributed by atoms with Gasteiger partial charge in [0.25, 0.3) is 0 Å². The number of thioether (sulfide) groups is 1. The SMILES string of the molecule is COc1ccc(Cc2ccc3c(c2)SC2=C(C3)C(=O)C(C)C=C2)c(OC)c1. The van der Waals surface area contributed by atoms with Crippen molar-refractivity contribution in [3.05, 3.63) is 75.7 Å². The number of ketones is 1. The molecule has 1 heterocycles. The van der Waals surface area contributed by atoms with Gasteiger partial charge in [-0.15, -0.1) is 0 Å². The second-order valence-electron chi connectivity index (χ2n) is 6.93. The van der Waals surface area contributed by atoms with Crippen LogP contribution in [-0.2, 0) is 17.6 Å². The number of ether oxygens (including phenoxy) is 2. The Morgan fingerprint density at radius 3 is 2.74 bits per heavy atom. The molecule has 0 N–H and O–H groups in total. The molecule has 0 saturated heterocycles. The smallest absolute Gasteiger partial charge is 0.166 e. The summed E-state index contributed by atoms with van der Waals surface area (Å²) in [7, 11) is 3.34. The molecule has 0 spiro atoms. The Kier molecular flexibility index (Phi) is 4.83. The minimum absolute atomic E-state index is 0.00675. The van der Waals surface area contributed by atoms with Gasteiger partial charge in [-0.3, -0.25) is 4.79 Å². The van der Waals surface area contributed by atoms with E-state index in [9.17, 15) is 4.79 Å². The molecule has 1 aliphatic heterocycles. The van der Waals surface area contributed by atoms with Gasteiger partial charge in [-0.05, 0) is 28.8 Å². The molecule has 0 bridgehead atoms. The molecule has 2 aliphatic rings. The van der Waals surface area contributed by atoms with Crippen LogP contribution >= 0.6 is 11.8 Å². The lowest BCUT2D eigenvalue weighted by Gasteiger charge is -2.25. The van der Waals surface area contributed by atoms with Crippen molar-refractivity contribution >= 4 is 17.5 Å². The Morgan fingerprint density at radius 1 is 1.11 bits per heavy atom. The molecule has 0 aromatic heterocycles. The van der Waals surface area contributed by atoms with Crippen LogP contribution in [0.15, 0.2) is 63.9 Å². The Hall–Kier alpha value is -2.46. The van der Waals surface area contributed by atoms with Gasteiger partial charge in [-0.1, -0.05) is 49.0 Å². The number of benzene rings is 2. The van der Waals surface area contributed by atoms with Crippen LogP contribution in [0.25, 0.3) is 0 Å². The van der Waals surface area contributed by atoms with Gasteiger partial charge in [0.05, 0.1) is 14.2 Å². The lowest BCUT2D eigenvalue weighted by molar-refractivity contribution is -0.117. The Morgan fingerprint density at radius 2 is 1.96 bits per heavy atom. The fourth-order valence-corrected chi connectivity index (χ4v) is 4.72. The van der Waals surface area contributed by atoms with Crippen molar-refractivity contribution in [3.8, 4) is 11.5 Å². The number of allylic oxidation sites excluding steroid dienone is 3. The summed E-state index contributed by atoms with van der Waals surface area (Å²) in [6.07, 6.45) is 5.63. The summed E-state index contributed by atoms with van der Waals surface area (Å²) in [5.41, 5.74) is 4.56. The summed E-state index contributed by atoms with van der Waals surface area (Å²) in [5.74, 6) is 1.88. The van der Waals surface area contributed by atoms with E-state index in [1.54, 1.807) is 26.0 Å². The van der Waals surface area contributed by atoms with Gasteiger partial charge in [-0.25, -0.2) is 0 Å². The number of carbonyl (C=O) groups is 1. The molecular formula is C23H22O3S. The van der Waals surface area contributed by atoms with Gasteiger partial charge >= 0.3 is 0 Å². The van der Waals surface area contributed by atoms with E-state index in [1.165, 1.54) is 16.0 Å². The highest BCUT2D eigenvalue weighted by molar-refractivity contribution is 8.03. The zero-order valence-corrected chi connectivity index (χ0v) is 16.6. The van der Waals surface area contributed by atoms with Crippen LogP contribution in [0.4, 0.5) is 0 Å². The minimum atomic E-state index is -0.00675. The molecule has 1 unspecified atom stereocenters. The van der Waals surface area contributed by atoms with Crippen LogP contribution in [0.3, 0.4) is 0 Å². The molecule has 0 saturated carbocycles. The molecule has 2 aromatic rings. The molecule has 138 valence electrons. The van der Waals surface area contributed by atoms with E-state index in [0.717, 1.165) is 40.4 Å². The maximum Gasteiger partial charge on any atom is 0.166 e.